The molecule has 1 aliphatic rings. The highest BCUT2D eigenvalue weighted by Crippen LogP contribution is 2.22. The van der Waals surface area contributed by atoms with Crippen molar-refractivity contribution in [2.24, 2.45) is 0 Å². The van der Waals surface area contributed by atoms with Crippen LogP contribution in [0.4, 0.5) is 10.3 Å². The van der Waals surface area contributed by atoms with E-state index in [0.29, 0.717) is 24.2 Å². The van der Waals surface area contributed by atoms with Gasteiger partial charge in [0.2, 0.25) is 11.8 Å². The van der Waals surface area contributed by atoms with Gasteiger partial charge in [0.05, 0.1) is 6.61 Å². The Balaban J connectivity index is 1.32. The average Bonchev–Trinajstić information content (AvgIpc) is 2.78. The van der Waals surface area contributed by atoms with Gasteiger partial charge in [-0.05, 0) is 48.9 Å². The maximum Gasteiger partial charge on any atom is 0.228 e. The van der Waals surface area contributed by atoms with Crippen LogP contribution in [0.1, 0.15) is 12.5 Å². The molecule has 4 rings (SSSR count). The minimum atomic E-state index is -0.297. The normalized spacial score (nSPS) is 14.5. The summed E-state index contributed by atoms with van der Waals surface area (Å²) >= 11 is 0. The number of benzene rings is 2. The lowest BCUT2D eigenvalue weighted by Crippen LogP contribution is -2.46. The Morgan fingerprint density at radius 2 is 1.60 bits per heavy atom. The Morgan fingerprint density at radius 3 is 2.30 bits per heavy atom. The van der Waals surface area contributed by atoms with E-state index >= 15 is 0 Å². The minimum Gasteiger partial charge on any atom is -0.494 e. The first-order chi connectivity index (χ1) is 14.7. The molecule has 0 amide bonds. The van der Waals surface area contributed by atoms with Gasteiger partial charge in [-0.3, -0.25) is 4.90 Å². The van der Waals surface area contributed by atoms with E-state index < -0.39 is 0 Å². The zero-order chi connectivity index (χ0) is 20.8. The van der Waals surface area contributed by atoms with Crippen molar-refractivity contribution in [3.63, 3.8) is 0 Å². The van der Waals surface area contributed by atoms with Crippen LogP contribution in [0.5, 0.6) is 17.4 Å². The fraction of sp³-hybridized carbons (Fsp3) is 0.304. The molecule has 0 aliphatic carbocycles. The Hall–Kier alpha value is -3.19. The first kappa shape index (κ1) is 20.1. The van der Waals surface area contributed by atoms with E-state index in [1.165, 1.54) is 17.7 Å². The molecule has 1 aliphatic heterocycles. The van der Waals surface area contributed by atoms with Crippen molar-refractivity contribution in [1.82, 2.24) is 14.9 Å². The van der Waals surface area contributed by atoms with Gasteiger partial charge in [0.1, 0.15) is 17.3 Å². The second-order valence-electron chi connectivity index (χ2n) is 7.09. The van der Waals surface area contributed by atoms with Gasteiger partial charge in [0.25, 0.3) is 0 Å². The third kappa shape index (κ3) is 5.24. The van der Waals surface area contributed by atoms with Crippen LogP contribution >= 0.6 is 0 Å². The molecule has 6 nitrogen and oxygen atoms in total. The summed E-state index contributed by atoms with van der Waals surface area (Å²) in [5.74, 6) is 2.25. The molecular weight excluding hydrogens is 383 g/mol. The number of rotatable bonds is 7. The third-order valence-corrected chi connectivity index (χ3v) is 4.95. The molecular formula is C23H25FN4O2. The molecule has 2 heterocycles. The summed E-state index contributed by atoms with van der Waals surface area (Å²) in [5.41, 5.74) is 1.28. The fourth-order valence-electron chi connectivity index (χ4n) is 3.39. The number of halogens is 1. The van der Waals surface area contributed by atoms with Gasteiger partial charge in [-0.1, -0.05) is 12.1 Å². The van der Waals surface area contributed by atoms with Crippen molar-refractivity contribution in [2.75, 3.05) is 37.7 Å². The van der Waals surface area contributed by atoms with Gasteiger partial charge in [-0.15, -0.1) is 0 Å². The van der Waals surface area contributed by atoms with Gasteiger partial charge in [0, 0.05) is 45.0 Å². The van der Waals surface area contributed by atoms with E-state index in [1.54, 1.807) is 24.4 Å². The molecule has 1 aromatic heterocycles. The Labute approximate surface area is 175 Å². The van der Waals surface area contributed by atoms with E-state index in [-0.39, 0.29) is 5.82 Å². The summed E-state index contributed by atoms with van der Waals surface area (Å²) in [6.45, 7) is 7.13. The summed E-state index contributed by atoms with van der Waals surface area (Å²) in [7, 11) is 0. The molecule has 7 heteroatoms. The maximum atomic E-state index is 13.1. The molecule has 0 spiro atoms. The SMILES string of the molecule is CCOc1ccc(CN2CCN(c3nccc(Oc4ccc(F)cc4)n3)CC2)cc1. The largest absolute Gasteiger partial charge is 0.494 e. The van der Waals surface area contributed by atoms with Gasteiger partial charge >= 0.3 is 0 Å². The molecule has 0 atom stereocenters. The number of nitrogens with zero attached hydrogens (tertiary/aromatic N) is 4. The maximum absolute atomic E-state index is 13.1. The Kier molecular flexibility index (Phi) is 6.39. The molecule has 0 bridgehead atoms. The predicted molar refractivity (Wildman–Crippen MR) is 114 cm³/mol. The molecule has 30 heavy (non-hydrogen) atoms. The quantitative estimate of drug-likeness (QED) is 0.586. The van der Waals surface area contributed by atoms with E-state index in [9.17, 15) is 4.39 Å². The van der Waals surface area contributed by atoms with E-state index in [4.69, 9.17) is 9.47 Å². The van der Waals surface area contributed by atoms with Crippen LogP contribution in [0.25, 0.3) is 0 Å². The minimum absolute atomic E-state index is 0.297. The average molecular weight is 408 g/mol. The van der Waals surface area contributed by atoms with Crippen molar-refractivity contribution >= 4 is 5.95 Å². The smallest absolute Gasteiger partial charge is 0.228 e. The lowest BCUT2D eigenvalue weighted by atomic mass is 10.2. The topological polar surface area (TPSA) is 50.7 Å². The number of aromatic nitrogens is 2. The molecule has 156 valence electrons. The van der Waals surface area contributed by atoms with Crippen LogP contribution in [0, 0.1) is 5.82 Å². The molecule has 3 aromatic rings. The van der Waals surface area contributed by atoms with E-state index in [0.717, 1.165) is 38.5 Å². The van der Waals surface area contributed by atoms with Crippen molar-refractivity contribution in [2.45, 2.75) is 13.5 Å². The fourth-order valence-corrected chi connectivity index (χ4v) is 3.39. The molecule has 0 saturated carbocycles. The van der Waals surface area contributed by atoms with Gasteiger partial charge in [0.15, 0.2) is 0 Å². The highest BCUT2D eigenvalue weighted by atomic mass is 19.1. The van der Waals surface area contributed by atoms with E-state index in [2.05, 4.69) is 31.9 Å². The van der Waals surface area contributed by atoms with Crippen molar-refractivity contribution < 1.29 is 13.9 Å². The second kappa shape index (κ2) is 9.54. The molecule has 1 fully saturated rings. The molecule has 0 unspecified atom stereocenters. The number of anilines is 1. The highest BCUT2D eigenvalue weighted by molar-refractivity contribution is 5.35. The summed E-state index contributed by atoms with van der Waals surface area (Å²) in [6.07, 6.45) is 1.69. The number of hydrogen-bond donors (Lipinski definition) is 0. The third-order valence-electron chi connectivity index (χ3n) is 4.95. The standard InChI is InChI=1S/C23H25FN4O2/c1-2-29-20-7-3-18(4-8-20)17-27-13-15-28(16-14-27)23-25-12-11-22(26-23)30-21-9-5-19(24)6-10-21/h3-12H,2,13-17H2,1H3. The van der Waals surface area contributed by atoms with Crippen LogP contribution in [0.15, 0.2) is 60.8 Å². The van der Waals surface area contributed by atoms with Crippen molar-refractivity contribution in [1.29, 1.82) is 0 Å². The molecule has 0 radical (unpaired) electrons. The summed E-state index contributed by atoms with van der Waals surface area (Å²) in [4.78, 5) is 13.5. The zero-order valence-corrected chi connectivity index (χ0v) is 17.0. The van der Waals surface area contributed by atoms with Gasteiger partial charge in [-0.2, -0.15) is 4.98 Å². The first-order valence-corrected chi connectivity index (χ1v) is 10.1. The lowest BCUT2D eigenvalue weighted by Gasteiger charge is -2.34. The highest BCUT2D eigenvalue weighted by Gasteiger charge is 2.19. The first-order valence-electron chi connectivity index (χ1n) is 10.1. The summed E-state index contributed by atoms with van der Waals surface area (Å²) in [5, 5.41) is 0. The lowest BCUT2D eigenvalue weighted by molar-refractivity contribution is 0.248. The number of hydrogen-bond acceptors (Lipinski definition) is 6. The van der Waals surface area contributed by atoms with Crippen molar-refractivity contribution in [3.8, 4) is 17.4 Å². The summed E-state index contributed by atoms with van der Waals surface area (Å²) in [6, 6.07) is 15.9. The Bertz CT molecular complexity index is 942. The zero-order valence-electron chi connectivity index (χ0n) is 17.0. The number of ether oxygens (including phenoxy) is 2. The van der Waals surface area contributed by atoms with Crippen LogP contribution in [-0.4, -0.2) is 47.7 Å². The van der Waals surface area contributed by atoms with Crippen LogP contribution in [0.3, 0.4) is 0 Å². The van der Waals surface area contributed by atoms with Crippen LogP contribution < -0.4 is 14.4 Å². The van der Waals surface area contributed by atoms with Gasteiger partial charge < -0.3 is 14.4 Å². The second-order valence-corrected chi connectivity index (χ2v) is 7.09. The molecule has 1 saturated heterocycles. The Morgan fingerprint density at radius 1 is 0.900 bits per heavy atom. The van der Waals surface area contributed by atoms with Crippen molar-refractivity contribution in [3.05, 3.63) is 72.2 Å². The monoisotopic (exact) mass is 408 g/mol. The van der Waals surface area contributed by atoms with Crippen LogP contribution in [-0.2, 0) is 6.54 Å². The molecule has 2 aromatic carbocycles. The van der Waals surface area contributed by atoms with E-state index in [1.807, 2.05) is 19.1 Å². The van der Waals surface area contributed by atoms with Crippen LogP contribution in [0.2, 0.25) is 0 Å². The number of piperazine rings is 1. The predicted octanol–water partition coefficient (Wildman–Crippen LogP) is 4.13. The summed E-state index contributed by atoms with van der Waals surface area (Å²) < 4.78 is 24.3. The van der Waals surface area contributed by atoms with Gasteiger partial charge in [-0.25, -0.2) is 9.37 Å². The molecule has 0 N–H and O–H groups in total.